The molecular formula is C28H39N5O9. The summed E-state index contributed by atoms with van der Waals surface area (Å²) in [5.74, 6) is -2.69. The van der Waals surface area contributed by atoms with Crippen LogP contribution in [0, 0.1) is 0 Å². The molecule has 2 aromatic rings. The van der Waals surface area contributed by atoms with Gasteiger partial charge in [0.1, 0.15) is 28.2 Å². The fourth-order valence-electron chi connectivity index (χ4n) is 5.79. The Bertz CT molecular complexity index is 1300. The number of carbonyl (C=O) groups is 4. The Hall–Kier alpha value is -3.78. The molecule has 0 unspecified atom stereocenters. The van der Waals surface area contributed by atoms with E-state index in [9.17, 15) is 29.4 Å². The molecule has 14 nitrogen and oxygen atoms in total. The van der Waals surface area contributed by atoms with Crippen molar-refractivity contribution in [3.05, 3.63) is 34.5 Å². The van der Waals surface area contributed by atoms with Crippen molar-refractivity contribution in [3.63, 3.8) is 0 Å². The number of aliphatic hydroxyl groups is 2. The highest BCUT2D eigenvalue weighted by molar-refractivity contribution is 6.11. The van der Waals surface area contributed by atoms with Gasteiger partial charge in [-0.05, 0) is 32.1 Å². The van der Waals surface area contributed by atoms with Gasteiger partial charge >= 0.3 is 18.0 Å². The van der Waals surface area contributed by atoms with Crippen molar-refractivity contribution in [3.8, 4) is 0 Å². The third-order valence-electron chi connectivity index (χ3n) is 8.08. The molecule has 2 aliphatic rings. The maximum Gasteiger partial charge on any atom is 0.342 e. The van der Waals surface area contributed by atoms with E-state index in [1.807, 2.05) is 0 Å². The molecule has 1 aliphatic carbocycles. The number of Topliss-reactive ketones (excluding diaryl/α,β-unsaturated/α-hetero) is 1. The van der Waals surface area contributed by atoms with Crippen LogP contribution in [0.5, 0.6) is 0 Å². The van der Waals surface area contributed by atoms with Crippen LogP contribution in [-0.4, -0.2) is 93.3 Å². The molecule has 14 heteroatoms. The Kier molecular flexibility index (Phi) is 9.99. The first kappa shape index (κ1) is 31.2. The molecule has 0 spiro atoms. The molecule has 2 amide bonds. The standard InChI is InChI=1S/C28H39N5O9/c1-17(35)24-23(26(37)41-3)22(25(36)40-2)20(42-24)10-9-18(16-34)29-27(38)33-13-7-8-19(33)14-32-15-21(30-31-32)28(39)11-5-4-6-12-28/h15,18-19,34,39H,4-14,16H2,1-3H3,(H,29,38)/t18-,19-/m0/s1. The first-order valence-corrected chi connectivity index (χ1v) is 14.3. The van der Waals surface area contributed by atoms with Gasteiger partial charge in [0.05, 0.1) is 45.7 Å². The van der Waals surface area contributed by atoms with Gasteiger partial charge in [-0.1, -0.05) is 24.5 Å². The number of aromatic nitrogens is 3. The Balaban J connectivity index is 1.41. The molecule has 2 atom stereocenters. The number of hydrogen-bond donors (Lipinski definition) is 3. The molecule has 1 saturated carbocycles. The fraction of sp³-hybridized carbons (Fsp3) is 0.643. The molecule has 42 heavy (non-hydrogen) atoms. The summed E-state index contributed by atoms with van der Waals surface area (Å²) in [5, 5.41) is 32.3. The van der Waals surface area contributed by atoms with Crippen molar-refractivity contribution in [1.82, 2.24) is 25.2 Å². The van der Waals surface area contributed by atoms with Crippen LogP contribution < -0.4 is 5.32 Å². The lowest BCUT2D eigenvalue weighted by Gasteiger charge is -2.29. The van der Waals surface area contributed by atoms with E-state index in [0.717, 1.165) is 46.3 Å². The predicted octanol–water partition coefficient (Wildman–Crippen LogP) is 1.97. The molecule has 2 fully saturated rings. The lowest BCUT2D eigenvalue weighted by atomic mass is 9.83. The lowest BCUT2D eigenvalue weighted by molar-refractivity contribution is -0.00476. The molecule has 0 aromatic carbocycles. The van der Waals surface area contributed by atoms with E-state index in [-0.39, 0.29) is 47.6 Å². The zero-order valence-electron chi connectivity index (χ0n) is 24.3. The highest BCUT2D eigenvalue weighted by Gasteiger charge is 2.36. The number of aryl methyl sites for hydroxylation is 1. The van der Waals surface area contributed by atoms with Gasteiger partial charge in [-0.15, -0.1) is 5.10 Å². The number of esters is 2. The lowest BCUT2D eigenvalue weighted by Crippen LogP contribution is -2.49. The van der Waals surface area contributed by atoms with Crippen LogP contribution in [0.15, 0.2) is 10.6 Å². The largest absolute Gasteiger partial charge is 0.465 e. The number of rotatable bonds is 11. The van der Waals surface area contributed by atoms with Crippen molar-refractivity contribution in [1.29, 1.82) is 0 Å². The third kappa shape index (κ3) is 6.65. The molecule has 230 valence electrons. The molecule has 0 bridgehead atoms. The number of nitrogens with one attached hydrogen (secondary N) is 1. The van der Waals surface area contributed by atoms with Crippen LogP contribution in [0.2, 0.25) is 0 Å². The highest BCUT2D eigenvalue weighted by Crippen LogP contribution is 2.35. The molecule has 0 radical (unpaired) electrons. The third-order valence-corrected chi connectivity index (χ3v) is 8.08. The number of methoxy groups -OCH3 is 2. The first-order valence-electron chi connectivity index (χ1n) is 14.3. The number of nitrogens with zero attached hydrogens (tertiary/aromatic N) is 4. The second-order valence-corrected chi connectivity index (χ2v) is 10.9. The van der Waals surface area contributed by atoms with E-state index in [4.69, 9.17) is 13.9 Å². The van der Waals surface area contributed by atoms with E-state index in [2.05, 4.69) is 15.6 Å². The second kappa shape index (κ2) is 13.5. The monoisotopic (exact) mass is 589 g/mol. The Morgan fingerprint density at radius 1 is 1.12 bits per heavy atom. The first-order chi connectivity index (χ1) is 20.1. The number of aliphatic hydroxyl groups excluding tert-OH is 1. The Morgan fingerprint density at radius 3 is 2.45 bits per heavy atom. The number of hydrogen-bond acceptors (Lipinski definition) is 11. The van der Waals surface area contributed by atoms with Crippen LogP contribution in [0.3, 0.4) is 0 Å². The minimum atomic E-state index is -0.956. The van der Waals surface area contributed by atoms with Crippen molar-refractivity contribution < 1.29 is 43.3 Å². The van der Waals surface area contributed by atoms with Crippen LogP contribution in [-0.2, 0) is 28.0 Å². The summed E-state index contributed by atoms with van der Waals surface area (Å²) >= 11 is 0. The van der Waals surface area contributed by atoms with Gasteiger partial charge in [0, 0.05) is 19.9 Å². The summed E-state index contributed by atoms with van der Waals surface area (Å²) in [5.41, 5.74) is -0.934. The number of likely N-dealkylation sites (tertiary alicyclic amines) is 1. The Labute approximate surface area is 243 Å². The summed E-state index contributed by atoms with van der Waals surface area (Å²) in [6, 6.07) is -1.23. The maximum atomic E-state index is 13.2. The number of furan rings is 1. The number of urea groups is 1. The molecular weight excluding hydrogens is 550 g/mol. The van der Waals surface area contributed by atoms with Crippen molar-refractivity contribution in [2.24, 2.45) is 0 Å². The molecule has 1 aliphatic heterocycles. The van der Waals surface area contributed by atoms with E-state index >= 15 is 0 Å². The van der Waals surface area contributed by atoms with Gasteiger partial charge in [0.25, 0.3) is 0 Å². The van der Waals surface area contributed by atoms with Crippen LogP contribution in [0.1, 0.15) is 101 Å². The van der Waals surface area contributed by atoms with Crippen LogP contribution >= 0.6 is 0 Å². The quantitative estimate of drug-likeness (QED) is 0.257. The SMILES string of the molecule is COC(=O)c1c(CC[C@@H](CO)NC(=O)N2CCC[C@H]2Cn2cc(C3(O)CCCCC3)nn2)oc(C(C)=O)c1C(=O)OC. The topological polar surface area (TPSA) is 186 Å². The minimum Gasteiger partial charge on any atom is -0.465 e. The number of amides is 2. The summed E-state index contributed by atoms with van der Waals surface area (Å²) < 4.78 is 16.8. The van der Waals surface area contributed by atoms with Crippen LogP contribution in [0.25, 0.3) is 0 Å². The average Bonchev–Trinajstić information content (AvgIpc) is 3.74. The highest BCUT2D eigenvalue weighted by atomic mass is 16.5. The fourth-order valence-corrected chi connectivity index (χ4v) is 5.79. The van der Waals surface area contributed by atoms with Crippen molar-refractivity contribution in [2.75, 3.05) is 27.4 Å². The summed E-state index contributed by atoms with van der Waals surface area (Å²) in [6.07, 6.45) is 7.78. The van der Waals surface area contributed by atoms with E-state index in [1.165, 1.54) is 6.92 Å². The molecule has 2 aromatic heterocycles. The van der Waals surface area contributed by atoms with E-state index < -0.39 is 36.0 Å². The summed E-state index contributed by atoms with van der Waals surface area (Å²) in [4.78, 5) is 52.0. The zero-order valence-corrected chi connectivity index (χ0v) is 24.3. The van der Waals surface area contributed by atoms with Gasteiger partial charge < -0.3 is 34.3 Å². The molecule has 3 heterocycles. The van der Waals surface area contributed by atoms with Gasteiger partial charge in [0.2, 0.25) is 0 Å². The maximum absolute atomic E-state index is 13.2. The van der Waals surface area contributed by atoms with Crippen LogP contribution in [0.4, 0.5) is 4.79 Å². The molecule has 4 rings (SSSR count). The molecule has 3 N–H and O–H groups in total. The van der Waals surface area contributed by atoms with Gasteiger partial charge in [-0.25, -0.2) is 14.4 Å². The normalized spacial score (nSPS) is 18.9. The number of carbonyl (C=O) groups excluding carboxylic acids is 4. The van der Waals surface area contributed by atoms with Crippen molar-refractivity contribution >= 4 is 23.8 Å². The van der Waals surface area contributed by atoms with E-state index in [0.29, 0.717) is 31.6 Å². The second-order valence-electron chi connectivity index (χ2n) is 10.9. The number of ketones is 1. The van der Waals surface area contributed by atoms with Gasteiger partial charge in [-0.3, -0.25) is 9.48 Å². The Morgan fingerprint density at radius 2 is 1.81 bits per heavy atom. The van der Waals surface area contributed by atoms with Crippen molar-refractivity contribution in [2.45, 2.75) is 88.9 Å². The average molecular weight is 590 g/mol. The smallest absolute Gasteiger partial charge is 0.342 e. The number of ether oxygens (including phenoxy) is 2. The van der Waals surface area contributed by atoms with E-state index in [1.54, 1.807) is 15.8 Å². The van der Waals surface area contributed by atoms with Gasteiger partial charge in [-0.2, -0.15) is 0 Å². The van der Waals surface area contributed by atoms with Gasteiger partial charge in [0.15, 0.2) is 11.5 Å². The summed E-state index contributed by atoms with van der Waals surface area (Å²) in [7, 11) is 2.25. The summed E-state index contributed by atoms with van der Waals surface area (Å²) in [6.45, 7) is 1.73. The molecule has 1 saturated heterocycles. The zero-order chi connectivity index (χ0) is 30.4. The predicted molar refractivity (Wildman–Crippen MR) is 146 cm³/mol. The minimum absolute atomic E-state index is 0.0146.